The van der Waals surface area contributed by atoms with E-state index in [1.165, 1.54) is 30.3 Å². The minimum atomic E-state index is -0.397. The van der Waals surface area contributed by atoms with Gasteiger partial charge in [-0.05, 0) is 49.9 Å². The number of amides is 1. The highest BCUT2D eigenvalue weighted by Gasteiger charge is 2.15. The van der Waals surface area contributed by atoms with Crippen LogP contribution in [0.1, 0.15) is 18.5 Å². The molecule has 0 saturated carbocycles. The van der Waals surface area contributed by atoms with Gasteiger partial charge in [0.25, 0.3) is 0 Å². The van der Waals surface area contributed by atoms with Crippen molar-refractivity contribution in [2.75, 3.05) is 18.9 Å². The van der Waals surface area contributed by atoms with Crippen LogP contribution in [-0.2, 0) is 4.79 Å². The van der Waals surface area contributed by atoms with Crippen LogP contribution in [0.5, 0.6) is 0 Å². The quantitative estimate of drug-likeness (QED) is 0.915. The Morgan fingerprint density at radius 1 is 1.14 bits per heavy atom. The van der Waals surface area contributed by atoms with Gasteiger partial charge in [0.1, 0.15) is 11.6 Å². The Bertz CT molecular complexity index is 643. The fourth-order valence-electron chi connectivity index (χ4n) is 2.13. The highest BCUT2D eigenvalue weighted by atomic mass is 19.1. The summed E-state index contributed by atoms with van der Waals surface area (Å²) in [6.07, 6.45) is 0. The summed E-state index contributed by atoms with van der Waals surface area (Å²) >= 11 is 0. The highest BCUT2D eigenvalue weighted by molar-refractivity contribution is 5.92. The monoisotopic (exact) mass is 304 g/mol. The van der Waals surface area contributed by atoms with Crippen molar-refractivity contribution in [3.05, 3.63) is 65.7 Å². The van der Waals surface area contributed by atoms with Crippen molar-refractivity contribution in [1.29, 1.82) is 0 Å². The van der Waals surface area contributed by atoms with Gasteiger partial charge in [0.15, 0.2) is 0 Å². The lowest BCUT2D eigenvalue weighted by Crippen LogP contribution is -2.32. The third-order valence-corrected chi connectivity index (χ3v) is 3.51. The molecule has 0 radical (unpaired) electrons. The zero-order valence-corrected chi connectivity index (χ0v) is 12.5. The number of halogens is 2. The molecule has 0 aromatic heterocycles. The summed E-state index contributed by atoms with van der Waals surface area (Å²) < 4.78 is 26.0. The number of nitrogens with zero attached hydrogens (tertiary/aromatic N) is 1. The first kappa shape index (κ1) is 16.1. The Morgan fingerprint density at radius 2 is 1.82 bits per heavy atom. The molecule has 1 amide bonds. The smallest absolute Gasteiger partial charge is 0.238 e. The summed E-state index contributed by atoms with van der Waals surface area (Å²) in [4.78, 5) is 13.8. The number of nitrogens with one attached hydrogen (secondary N) is 1. The molecule has 0 spiro atoms. The molecule has 5 heteroatoms. The van der Waals surface area contributed by atoms with Crippen LogP contribution in [0.3, 0.4) is 0 Å². The molecule has 2 aromatic carbocycles. The summed E-state index contributed by atoms with van der Waals surface area (Å²) in [6, 6.07) is 11.9. The molecule has 2 aromatic rings. The van der Waals surface area contributed by atoms with Crippen LogP contribution < -0.4 is 5.32 Å². The maximum absolute atomic E-state index is 13.1. The number of rotatable bonds is 5. The van der Waals surface area contributed by atoms with Crippen LogP contribution >= 0.6 is 0 Å². The first-order chi connectivity index (χ1) is 10.5. The van der Waals surface area contributed by atoms with Gasteiger partial charge in [-0.3, -0.25) is 9.69 Å². The number of hydrogen-bond acceptors (Lipinski definition) is 2. The molecule has 0 unspecified atom stereocenters. The zero-order chi connectivity index (χ0) is 16.1. The van der Waals surface area contributed by atoms with Crippen LogP contribution in [0.2, 0.25) is 0 Å². The van der Waals surface area contributed by atoms with Gasteiger partial charge in [-0.2, -0.15) is 0 Å². The highest BCUT2D eigenvalue weighted by Crippen LogP contribution is 2.19. The Balaban J connectivity index is 1.94. The maximum atomic E-state index is 13.1. The van der Waals surface area contributed by atoms with Crippen LogP contribution in [-0.4, -0.2) is 24.4 Å². The number of carbonyl (C=O) groups is 1. The average molecular weight is 304 g/mol. The summed E-state index contributed by atoms with van der Waals surface area (Å²) in [6.45, 7) is 2.08. The van der Waals surface area contributed by atoms with Gasteiger partial charge >= 0.3 is 0 Å². The van der Waals surface area contributed by atoms with Gasteiger partial charge in [-0.25, -0.2) is 8.78 Å². The van der Waals surface area contributed by atoms with E-state index in [9.17, 15) is 13.6 Å². The molecule has 22 heavy (non-hydrogen) atoms. The third kappa shape index (κ3) is 4.36. The van der Waals surface area contributed by atoms with E-state index in [0.717, 1.165) is 5.56 Å². The molecule has 1 atom stereocenters. The van der Waals surface area contributed by atoms with Crippen molar-refractivity contribution in [2.24, 2.45) is 0 Å². The largest absolute Gasteiger partial charge is 0.325 e. The Hall–Kier alpha value is -2.27. The van der Waals surface area contributed by atoms with Crippen LogP contribution in [0.15, 0.2) is 48.5 Å². The number of anilines is 1. The molecule has 0 saturated heterocycles. The molecule has 1 N–H and O–H groups in total. The molecule has 0 fully saturated rings. The maximum Gasteiger partial charge on any atom is 0.238 e. The molecule has 2 rings (SSSR count). The van der Waals surface area contributed by atoms with Crippen LogP contribution in [0.25, 0.3) is 0 Å². The molecule has 0 aliphatic rings. The van der Waals surface area contributed by atoms with Gasteiger partial charge in [-0.15, -0.1) is 0 Å². The number of hydrogen-bond donors (Lipinski definition) is 1. The van der Waals surface area contributed by atoms with Crippen LogP contribution in [0, 0.1) is 11.6 Å². The molecular formula is C17H18F2N2O. The van der Waals surface area contributed by atoms with Gasteiger partial charge in [0.2, 0.25) is 5.91 Å². The average Bonchev–Trinajstić information content (AvgIpc) is 2.47. The standard InChI is InChI=1S/C17H18F2N2O/c1-12(13-6-8-14(18)9-7-13)21(2)11-17(22)20-16-5-3-4-15(19)10-16/h3-10,12H,11H2,1-2H3,(H,20,22)/t12-/m1/s1. The van der Waals surface area contributed by atoms with E-state index in [2.05, 4.69) is 5.32 Å². The summed E-state index contributed by atoms with van der Waals surface area (Å²) in [5.41, 5.74) is 1.34. The topological polar surface area (TPSA) is 32.3 Å². The van der Waals surface area contributed by atoms with Crippen molar-refractivity contribution in [3.63, 3.8) is 0 Å². The normalized spacial score (nSPS) is 12.2. The second kappa shape index (κ2) is 7.13. The van der Waals surface area contributed by atoms with Crippen molar-refractivity contribution in [2.45, 2.75) is 13.0 Å². The molecule has 3 nitrogen and oxygen atoms in total. The van der Waals surface area contributed by atoms with Gasteiger partial charge in [0.05, 0.1) is 6.54 Å². The molecule has 0 aliphatic heterocycles. The van der Waals surface area contributed by atoms with Gasteiger partial charge in [0, 0.05) is 11.7 Å². The zero-order valence-electron chi connectivity index (χ0n) is 12.5. The Morgan fingerprint density at radius 3 is 2.45 bits per heavy atom. The summed E-state index contributed by atoms with van der Waals surface area (Å²) in [5.74, 6) is -0.921. The van der Waals surface area contributed by atoms with E-state index in [1.54, 1.807) is 25.2 Å². The third-order valence-electron chi connectivity index (χ3n) is 3.51. The molecule has 0 bridgehead atoms. The lowest BCUT2D eigenvalue weighted by atomic mass is 10.1. The number of likely N-dealkylation sites (N-methyl/N-ethyl adjacent to an activating group) is 1. The molecule has 116 valence electrons. The predicted molar refractivity (Wildman–Crippen MR) is 82.5 cm³/mol. The minimum Gasteiger partial charge on any atom is -0.325 e. The molecule has 0 aliphatic carbocycles. The van der Waals surface area contributed by atoms with Crippen molar-refractivity contribution in [1.82, 2.24) is 4.90 Å². The first-order valence-electron chi connectivity index (χ1n) is 6.97. The fraction of sp³-hybridized carbons (Fsp3) is 0.235. The van der Waals surface area contributed by atoms with Crippen molar-refractivity contribution >= 4 is 11.6 Å². The SMILES string of the molecule is C[C@H](c1ccc(F)cc1)N(C)CC(=O)Nc1cccc(F)c1. The Labute approximate surface area is 128 Å². The van der Waals surface area contributed by atoms with Gasteiger partial charge in [-0.1, -0.05) is 18.2 Å². The van der Waals surface area contributed by atoms with E-state index in [0.29, 0.717) is 5.69 Å². The number of carbonyl (C=O) groups excluding carboxylic acids is 1. The number of benzene rings is 2. The van der Waals surface area contributed by atoms with Crippen molar-refractivity contribution in [3.8, 4) is 0 Å². The van der Waals surface area contributed by atoms with E-state index in [4.69, 9.17) is 0 Å². The van der Waals surface area contributed by atoms with E-state index in [1.807, 2.05) is 11.8 Å². The second-order valence-electron chi connectivity index (χ2n) is 5.20. The summed E-state index contributed by atoms with van der Waals surface area (Å²) in [5, 5.41) is 2.65. The van der Waals surface area contributed by atoms with Crippen LogP contribution in [0.4, 0.5) is 14.5 Å². The minimum absolute atomic E-state index is 0.0427. The molecule has 0 heterocycles. The second-order valence-corrected chi connectivity index (χ2v) is 5.20. The molecular weight excluding hydrogens is 286 g/mol. The fourth-order valence-corrected chi connectivity index (χ4v) is 2.13. The van der Waals surface area contributed by atoms with Gasteiger partial charge < -0.3 is 5.32 Å². The summed E-state index contributed by atoms with van der Waals surface area (Å²) in [7, 11) is 1.80. The first-order valence-corrected chi connectivity index (χ1v) is 6.97. The lowest BCUT2D eigenvalue weighted by molar-refractivity contribution is -0.117. The predicted octanol–water partition coefficient (Wildman–Crippen LogP) is 3.60. The van der Waals surface area contributed by atoms with E-state index >= 15 is 0 Å². The lowest BCUT2D eigenvalue weighted by Gasteiger charge is -2.24. The van der Waals surface area contributed by atoms with Crippen molar-refractivity contribution < 1.29 is 13.6 Å². The van der Waals surface area contributed by atoms with E-state index < -0.39 is 5.82 Å². The Kier molecular flexibility index (Phi) is 5.22. The van der Waals surface area contributed by atoms with E-state index in [-0.39, 0.29) is 24.3 Å².